The van der Waals surface area contributed by atoms with Crippen LogP contribution < -0.4 is 0 Å². The van der Waals surface area contributed by atoms with Gasteiger partial charge in [-0.3, -0.25) is 12.2 Å². The van der Waals surface area contributed by atoms with Crippen LogP contribution in [0.4, 0.5) is 0 Å². The van der Waals surface area contributed by atoms with E-state index in [9.17, 15) is 0 Å². The van der Waals surface area contributed by atoms with E-state index in [0.29, 0.717) is 0 Å². The largest absolute Gasteiger partial charge is 3.00 e. The smallest absolute Gasteiger partial charge is 0.342 e. The normalized spacial score (nSPS) is 13.6. The predicted molar refractivity (Wildman–Crippen MR) is 95.2 cm³/mol. The van der Waals surface area contributed by atoms with E-state index >= 15 is 0 Å². The van der Waals surface area contributed by atoms with Crippen LogP contribution in [0.15, 0.2) is 36.5 Å². The van der Waals surface area contributed by atoms with Crippen LogP contribution in [0.3, 0.4) is 0 Å². The Kier molecular flexibility index (Phi) is 21.9. The van der Waals surface area contributed by atoms with Crippen LogP contribution in [0.5, 0.6) is 0 Å². The van der Waals surface area contributed by atoms with Gasteiger partial charge in [0, 0.05) is 8.80 Å². The Balaban J connectivity index is -0.000000191. The van der Waals surface area contributed by atoms with E-state index in [0.717, 1.165) is 12.8 Å². The summed E-state index contributed by atoms with van der Waals surface area (Å²) < 4.78 is 0. The first-order valence-corrected chi connectivity index (χ1v) is 13.5. The van der Waals surface area contributed by atoms with Gasteiger partial charge in [-0.25, -0.2) is 24.3 Å². The molecular weight excluding hydrogens is 352 g/mol. The van der Waals surface area contributed by atoms with E-state index in [1.165, 1.54) is 0 Å². The van der Waals surface area contributed by atoms with Crippen LogP contribution in [-0.4, -0.2) is 16.9 Å². The van der Waals surface area contributed by atoms with Gasteiger partial charge in [-0.05, 0) is 0 Å². The van der Waals surface area contributed by atoms with E-state index in [2.05, 4.69) is 70.1 Å². The minimum atomic E-state index is -0.861. The summed E-state index contributed by atoms with van der Waals surface area (Å²) in [4.78, 5) is 0. The van der Waals surface area contributed by atoms with Gasteiger partial charge < -0.3 is 6.55 Å². The molecule has 0 nitrogen and oxygen atoms in total. The van der Waals surface area contributed by atoms with Crippen molar-refractivity contribution in [3.05, 3.63) is 55.2 Å². The van der Waals surface area contributed by atoms with Gasteiger partial charge >= 0.3 is 26.2 Å². The summed E-state index contributed by atoms with van der Waals surface area (Å²) in [6.07, 6.45) is 20.0. The van der Waals surface area contributed by atoms with E-state index in [1.807, 2.05) is 24.3 Å². The minimum absolute atomic E-state index is 0. The van der Waals surface area contributed by atoms with Crippen molar-refractivity contribution in [3.63, 3.8) is 0 Å². The van der Waals surface area contributed by atoms with Gasteiger partial charge in [0.15, 0.2) is 0 Å². The summed E-state index contributed by atoms with van der Waals surface area (Å²) in [5, 5.41) is 0. The zero-order chi connectivity index (χ0) is 15.1. The summed E-state index contributed by atoms with van der Waals surface area (Å²) >= 11 is 0. The van der Waals surface area contributed by atoms with Gasteiger partial charge in [-0.2, -0.15) is 12.2 Å². The van der Waals surface area contributed by atoms with Crippen molar-refractivity contribution in [2.24, 2.45) is 0 Å². The third-order valence-electron chi connectivity index (χ3n) is 1.17. The Bertz CT molecular complexity index is 244. The zero-order valence-electron chi connectivity index (χ0n) is 14.1. The fraction of sp³-hybridized carbons (Fsp3) is 0.471. The summed E-state index contributed by atoms with van der Waals surface area (Å²) in [5.41, 5.74) is 0. The fourth-order valence-electron chi connectivity index (χ4n) is 0.680. The second kappa shape index (κ2) is 17.3. The Morgan fingerprint density at radius 1 is 0.900 bits per heavy atom. The summed E-state index contributed by atoms with van der Waals surface area (Å²) in [5.74, 6) is 0. The summed E-state index contributed by atoms with van der Waals surface area (Å²) in [6, 6.07) is 0. The molecule has 3 heteroatoms. The number of hydrogen-bond acceptors (Lipinski definition) is 0. The third-order valence-corrected chi connectivity index (χ3v) is 1.17. The Labute approximate surface area is 149 Å². The topological polar surface area (TPSA) is 0 Å². The maximum absolute atomic E-state index is 3.91. The first kappa shape index (κ1) is 25.2. The van der Waals surface area contributed by atoms with E-state index in [-0.39, 0.29) is 35.0 Å². The predicted octanol–water partition coefficient (Wildman–Crippen LogP) is 5.68. The fourth-order valence-corrected chi connectivity index (χ4v) is 0.680. The van der Waals surface area contributed by atoms with Gasteiger partial charge in [0.25, 0.3) is 0 Å². The first-order chi connectivity index (χ1) is 8.73. The number of allylic oxidation sites excluding steroid dienone is 8. The van der Waals surface area contributed by atoms with Gasteiger partial charge in [0.2, 0.25) is 0 Å². The molecule has 0 amide bonds. The van der Waals surface area contributed by atoms with Crippen molar-refractivity contribution in [2.75, 3.05) is 0 Å². The molecule has 0 unspecified atom stereocenters. The molecule has 20 heavy (non-hydrogen) atoms. The molecule has 0 saturated carbocycles. The monoisotopic (exact) mass is 380 g/mol. The molecule has 2 aliphatic carbocycles. The molecule has 2 rings (SSSR count). The van der Waals surface area contributed by atoms with Crippen LogP contribution >= 0.6 is 0 Å². The average molecular weight is 382 g/mol. The summed E-state index contributed by atoms with van der Waals surface area (Å²) in [7, 11) is -0.741. The Morgan fingerprint density at radius 3 is 1.20 bits per heavy atom. The van der Waals surface area contributed by atoms with Crippen molar-refractivity contribution in [3.8, 4) is 0 Å². The molecular formula is C17H30Si2Zr. The second-order valence-electron chi connectivity index (χ2n) is 6.07. The van der Waals surface area contributed by atoms with Crippen molar-refractivity contribution in [1.29, 1.82) is 0 Å². The maximum Gasteiger partial charge on any atom is 3.00 e. The first-order valence-electron chi connectivity index (χ1n) is 6.79. The molecule has 0 aromatic carbocycles. The molecule has 0 saturated heterocycles. The van der Waals surface area contributed by atoms with Crippen molar-refractivity contribution in [1.82, 2.24) is 0 Å². The zero-order valence-corrected chi connectivity index (χ0v) is 18.5. The molecule has 0 bridgehead atoms. The van der Waals surface area contributed by atoms with Gasteiger partial charge in [-0.1, -0.05) is 39.3 Å². The van der Waals surface area contributed by atoms with Crippen molar-refractivity contribution in [2.45, 2.75) is 52.1 Å². The Hall–Kier alpha value is 0.277. The van der Waals surface area contributed by atoms with E-state index < -0.39 is 8.07 Å². The number of rotatable bonds is 0. The van der Waals surface area contributed by atoms with Crippen LogP contribution in [0.2, 0.25) is 39.3 Å². The third kappa shape index (κ3) is 51.7. The van der Waals surface area contributed by atoms with Gasteiger partial charge in [-0.15, -0.1) is 20.9 Å². The quantitative estimate of drug-likeness (QED) is 0.374. The summed E-state index contributed by atoms with van der Waals surface area (Å²) in [6.45, 7) is 17.4. The van der Waals surface area contributed by atoms with Gasteiger partial charge in [0.1, 0.15) is 0 Å². The molecule has 110 valence electrons. The van der Waals surface area contributed by atoms with Crippen LogP contribution in [0.1, 0.15) is 12.8 Å². The molecule has 0 fully saturated rings. The van der Waals surface area contributed by atoms with Gasteiger partial charge in [0.05, 0.1) is 0 Å². The molecule has 0 heterocycles. The maximum atomic E-state index is 3.91. The molecule has 0 aliphatic heterocycles. The van der Waals surface area contributed by atoms with Crippen molar-refractivity contribution >= 4 is 16.9 Å². The standard InChI is InChI=1S/2C5H5.C4H11Si.C3H9Si.Zr/c2*1-2-4-5-3-1;1-5(2,3)4;1-4(2)3;/h2*1-3H,4H2;1H2,2-4H3;1-3H3;/q3*-1;;+3. The molecule has 0 atom stereocenters. The van der Waals surface area contributed by atoms with Crippen LogP contribution in [-0.2, 0) is 26.2 Å². The molecule has 0 aromatic heterocycles. The van der Waals surface area contributed by atoms with E-state index in [1.54, 1.807) is 0 Å². The molecule has 0 aromatic rings. The SMILES string of the molecule is C[Si](C)C.[C-]1=CC=CC1.[C-]1=CC=CC1.[CH2-][Si](C)(C)C.[Zr+3]. The minimum Gasteiger partial charge on any atom is -0.342 e. The molecule has 2 aliphatic rings. The molecule has 0 N–H and O–H groups in total. The van der Waals surface area contributed by atoms with Crippen LogP contribution in [0, 0.1) is 18.7 Å². The van der Waals surface area contributed by atoms with E-state index in [4.69, 9.17) is 0 Å². The van der Waals surface area contributed by atoms with Crippen LogP contribution in [0.25, 0.3) is 0 Å². The Morgan fingerprint density at radius 2 is 1.15 bits per heavy atom. The molecule has 0 spiro atoms. The molecule has 2 radical (unpaired) electrons. The van der Waals surface area contributed by atoms with Crippen molar-refractivity contribution < 1.29 is 26.2 Å². The number of hydrogen-bond donors (Lipinski definition) is 0. The average Bonchev–Trinajstić information content (AvgIpc) is 2.94. The second-order valence-corrected chi connectivity index (χ2v) is 14.2.